The van der Waals surface area contributed by atoms with E-state index in [1.807, 2.05) is 0 Å². The van der Waals surface area contributed by atoms with Crippen molar-refractivity contribution in [1.29, 1.82) is 0 Å². The third-order valence-electron chi connectivity index (χ3n) is 0.660. The standard InChI is InChI=1S/C5H7O5/c1-4(7)5(8)10-3-9-2-6/h4,7H,3H2,1H3/t4-/m0/s1. The second kappa shape index (κ2) is 4.75. The molecule has 1 radical (unpaired) electrons. The Bertz CT molecular complexity index is 119. The van der Waals surface area contributed by atoms with Gasteiger partial charge in [0.2, 0.25) is 6.79 Å². The molecule has 0 aromatic heterocycles. The molecule has 0 aliphatic carbocycles. The van der Waals surface area contributed by atoms with E-state index in [2.05, 4.69) is 9.47 Å². The molecular formula is C5H7O5. The van der Waals surface area contributed by atoms with Gasteiger partial charge in [-0.25, -0.2) is 9.59 Å². The lowest BCUT2D eigenvalue weighted by Crippen LogP contribution is -2.20. The predicted molar refractivity (Wildman–Crippen MR) is 29.4 cm³/mol. The van der Waals surface area contributed by atoms with Gasteiger partial charge in [-0.05, 0) is 6.92 Å². The molecule has 0 amide bonds. The van der Waals surface area contributed by atoms with Gasteiger partial charge in [-0.1, -0.05) is 0 Å². The highest BCUT2D eigenvalue weighted by atomic mass is 16.7. The first kappa shape index (κ1) is 8.90. The summed E-state index contributed by atoms with van der Waals surface area (Å²) in [7, 11) is 0. The molecule has 1 N–H and O–H groups in total. The SMILES string of the molecule is C[C@H](O)C(=O)OCO[C]=O. The normalized spacial score (nSPS) is 11.8. The summed E-state index contributed by atoms with van der Waals surface area (Å²) in [5.74, 6) is -0.838. The number of ether oxygens (including phenoxy) is 2. The number of hydrogen-bond acceptors (Lipinski definition) is 5. The van der Waals surface area contributed by atoms with Crippen molar-refractivity contribution in [3.05, 3.63) is 0 Å². The quantitative estimate of drug-likeness (QED) is 0.312. The van der Waals surface area contributed by atoms with Gasteiger partial charge in [0.1, 0.15) is 6.10 Å². The number of carbonyl (C=O) groups excluding carboxylic acids is 2. The van der Waals surface area contributed by atoms with Crippen molar-refractivity contribution in [3.63, 3.8) is 0 Å². The first-order chi connectivity index (χ1) is 4.68. The molecule has 57 valence electrons. The van der Waals surface area contributed by atoms with Crippen LogP contribution >= 0.6 is 0 Å². The monoisotopic (exact) mass is 147 g/mol. The van der Waals surface area contributed by atoms with Crippen LogP contribution in [-0.2, 0) is 19.1 Å². The fourth-order valence-corrected chi connectivity index (χ4v) is 0.232. The summed E-state index contributed by atoms with van der Waals surface area (Å²) in [6.07, 6.45) is -1.20. The van der Waals surface area contributed by atoms with Crippen LogP contribution in [0, 0.1) is 0 Å². The third-order valence-corrected chi connectivity index (χ3v) is 0.660. The molecule has 0 rings (SSSR count). The van der Waals surface area contributed by atoms with Crippen LogP contribution in [-0.4, -0.2) is 30.4 Å². The van der Waals surface area contributed by atoms with Gasteiger partial charge in [-0.2, -0.15) is 0 Å². The van der Waals surface area contributed by atoms with Gasteiger partial charge in [0, 0.05) is 0 Å². The Labute approximate surface area is 57.5 Å². The Morgan fingerprint density at radius 1 is 1.80 bits per heavy atom. The summed E-state index contributed by atoms with van der Waals surface area (Å²) in [6.45, 7) is 1.79. The molecule has 0 saturated heterocycles. The lowest BCUT2D eigenvalue weighted by atomic mass is 10.4. The van der Waals surface area contributed by atoms with E-state index < -0.39 is 18.9 Å². The number of aliphatic hydroxyl groups is 1. The van der Waals surface area contributed by atoms with Crippen LogP contribution in [0.1, 0.15) is 6.92 Å². The molecule has 0 bridgehead atoms. The Morgan fingerprint density at radius 2 is 2.40 bits per heavy atom. The van der Waals surface area contributed by atoms with Crippen molar-refractivity contribution in [3.8, 4) is 0 Å². The Balaban J connectivity index is 3.30. The summed E-state index contributed by atoms with van der Waals surface area (Å²) in [5, 5.41) is 8.49. The topological polar surface area (TPSA) is 72.8 Å². The van der Waals surface area contributed by atoms with Gasteiger partial charge < -0.3 is 14.6 Å². The summed E-state index contributed by atoms with van der Waals surface area (Å²) in [5.41, 5.74) is 0. The van der Waals surface area contributed by atoms with Gasteiger partial charge >= 0.3 is 12.4 Å². The zero-order chi connectivity index (χ0) is 7.98. The summed E-state index contributed by atoms with van der Waals surface area (Å²) >= 11 is 0. The van der Waals surface area contributed by atoms with Crippen molar-refractivity contribution in [2.24, 2.45) is 0 Å². The van der Waals surface area contributed by atoms with Crippen LogP contribution < -0.4 is 0 Å². The first-order valence-electron chi connectivity index (χ1n) is 2.52. The number of carbonyl (C=O) groups is 1. The van der Waals surface area contributed by atoms with Gasteiger partial charge in [-0.15, -0.1) is 0 Å². The van der Waals surface area contributed by atoms with E-state index in [4.69, 9.17) is 5.11 Å². The number of esters is 1. The average molecular weight is 147 g/mol. The Morgan fingerprint density at radius 3 is 2.80 bits per heavy atom. The van der Waals surface area contributed by atoms with Gasteiger partial charge in [0.15, 0.2) is 0 Å². The van der Waals surface area contributed by atoms with E-state index in [-0.39, 0.29) is 0 Å². The third kappa shape index (κ3) is 3.85. The number of rotatable bonds is 4. The molecule has 5 nitrogen and oxygen atoms in total. The van der Waals surface area contributed by atoms with E-state index >= 15 is 0 Å². The van der Waals surface area contributed by atoms with E-state index in [0.29, 0.717) is 0 Å². The van der Waals surface area contributed by atoms with E-state index in [0.717, 1.165) is 6.47 Å². The van der Waals surface area contributed by atoms with Crippen LogP contribution in [0.4, 0.5) is 0 Å². The molecule has 0 spiro atoms. The Kier molecular flexibility index (Phi) is 4.23. The lowest BCUT2D eigenvalue weighted by Gasteiger charge is -2.02. The Hall–Kier alpha value is -1.10. The highest BCUT2D eigenvalue weighted by Gasteiger charge is 2.08. The lowest BCUT2D eigenvalue weighted by molar-refractivity contribution is -0.159. The first-order valence-corrected chi connectivity index (χ1v) is 2.52. The van der Waals surface area contributed by atoms with Crippen LogP contribution in [0.3, 0.4) is 0 Å². The van der Waals surface area contributed by atoms with E-state index in [1.54, 1.807) is 0 Å². The summed E-state index contributed by atoms with van der Waals surface area (Å²) < 4.78 is 8.06. The smallest absolute Gasteiger partial charge is 0.420 e. The van der Waals surface area contributed by atoms with Crippen molar-refractivity contribution in [1.82, 2.24) is 0 Å². The van der Waals surface area contributed by atoms with E-state index in [1.165, 1.54) is 6.92 Å². The van der Waals surface area contributed by atoms with Crippen molar-refractivity contribution < 1.29 is 24.2 Å². The number of aliphatic hydroxyl groups excluding tert-OH is 1. The van der Waals surface area contributed by atoms with Gasteiger partial charge in [-0.3, -0.25) is 0 Å². The highest BCUT2D eigenvalue weighted by molar-refractivity contribution is 5.73. The fourth-order valence-electron chi connectivity index (χ4n) is 0.232. The average Bonchev–Trinajstić information content (AvgIpc) is 1.88. The minimum absolute atomic E-state index is 0.507. The van der Waals surface area contributed by atoms with Crippen molar-refractivity contribution in [2.45, 2.75) is 13.0 Å². The molecule has 1 atom stereocenters. The predicted octanol–water partition coefficient (Wildman–Crippen LogP) is -1.05. The minimum Gasteiger partial charge on any atom is -0.426 e. The van der Waals surface area contributed by atoms with Crippen LogP contribution in [0.15, 0.2) is 0 Å². The second-order valence-corrected chi connectivity index (χ2v) is 1.48. The molecule has 0 aliphatic heterocycles. The molecule has 0 saturated carbocycles. The zero-order valence-corrected chi connectivity index (χ0v) is 5.36. The molecule has 0 unspecified atom stereocenters. The fraction of sp³-hybridized carbons (Fsp3) is 0.600. The molecular weight excluding hydrogens is 140 g/mol. The minimum atomic E-state index is -1.20. The summed E-state index contributed by atoms with van der Waals surface area (Å²) in [6, 6.07) is 0. The maximum atomic E-state index is 10.3. The highest BCUT2D eigenvalue weighted by Crippen LogP contribution is 1.85. The van der Waals surface area contributed by atoms with Crippen LogP contribution in [0.25, 0.3) is 0 Å². The van der Waals surface area contributed by atoms with E-state index in [9.17, 15) is 9.59 Å². The molecule has 5 heteroatoms. The van der Waals surface area contributed by atoms with Gasteiger partial charge in [0.05, 0.1) is 0 Å². The number of hydrogen-bond donors (Lipinski definition) is 1. The molecule has 10 heavy (non-hydrogen) atoms. The molecule has 0 aliphatic rings. The largest absolute Gasteiger partial charge is 0.426 e. The zero-order valence-electron chi connectivity index (χ0n) is 5.36. The molecule has 0 fully saturated rings. The van der Waals surface area contributed by atoms with Crippen LogP contribution in [0.2, 0.25) is 0 Å². The molecule has 0 aromatic carbocycles. The van der Waals surface area contributed by atoms with Gasteiger partial charge in [0.25, 0.3) is 0 Å². The van der Waals surface area contributed by atoms with Crippen molar-refractivity contribution >= 4 is 12.4 Å². The molecule has 0 aromatic rings. The van der Waals surface area contributed by atoms with Crippen LogP contribution in [0.5, 0.6) is 0 Å². The van der Waals surface area contributed by atoms with Crippen molar-refractivity contribution in [2.75, 3.05) is 6.79 Å². The summed E-state index contributed by atoms with van der Waals surface area (Å²) in [4.78, 5) is 19.7. The maximum absolute atomic E-state index is 10.3. The second-order valence-electron chi connectivity index (χ2n) is 1.48. The molecule has 0 heterocycles. The maximum Gasteiger partial charge on any atom is 0.420 e.